The third-order valence-corrected chi connectivity index (χ3v) is 3.22. The Morgan fingerprint density at radius 3 is 2.73 bits per heavy atom. The van der Waals surface area contributed by atoms with Gasteiger partial charge < -0.3 is 5.11 Å². The van der Waals surface area contributed by atoms with Crippen molar-refractivity contribution in [1.29, 1.82) is 0 Å². The monoisotopic (exact) mass is 330 g/mol. The van der Waals surface area contributed by atoms with Gasteiger partial charge in [-0.15, -0.1) is 11.8 Å². The van der Waals surface area contributed by atoms with Gasteiger partial charge >= 0.3 is 0 Å². The lowest BCUT2D eigenvalue weighted by Gasteiger charge is -2.11. The van der Waals surface area contributed by atoms with Gasteiger partial charge in [-0.2, -0.15) is 0 Å². The number of hydrogen-bond donors (Lipinski definition) is 1. The van der Waals surface area contributed by atoms with Crippen LogP contribution >= 0.6 is 31.9 Å². The van der Waals surface area contributed by atoms with E-state index in [1.54, 1.807) is 0 Å². The zero-order valence-electron chi connectivity index (χ0n) is 8.43. The predicted molar refractivity (Wildman–Crippen MR) is 69.5 cm³/mol. The lowest BCUT2D eigenvalue weighted by Crippen LogP contribution is -1.97. The summed E-state index contributed by atoms with van der Waals surface area (Å²) in [5.41, 5.74) is 0.913. The fourth-order valence-corrected chi connectivity index (χ4v) is 2.57. The molecular formula is C12H12Br2O. The second kappa shape index (κ2) is 6.32. The van der Waals surface area contributed by atoms with E-state index in [0.717, 1.165) is 20.9 Å². The van der Waals surface area contributed by atoms with Crippen LogP contribution in [0.4, 0.5) is 0 Å². The number of hydrogen-bond acceptors (Lipinski definition) is 1. The maximum Gasteiger partial charge on any atom is 0.0810 e. The lowest BCUT2D eigenvalue weighted by molar-refractivity contribution is 0.168. The Kier molecular flexibility index (Phi) is 5.38. The summed E-state index contributed by atoms with van der Waals surface area (Å²) in [6.07, 6.45) is 0.939. The van der Waals surface area contributed by atoms with Crippen LogP contribution in [0.15, 0.2) is 27.1 Å². The van der Waals surface area contributed by atoms with E-state index in [4.69, 9.17) is 0 Å². The van der Waals surface area contributed by atoms with Crippen molar-refractivity contribution in [1.82, 2.24) is 0 Å². The molecule has 0 bridgehead atoms. The SMILES string of the molecule is CC#CCCC(O)c1ccc(Br)cc1Br. The highest BCUT2D eigenvalue weighted by Crippen LogP contribution is 2.28. The fourth-order valence-electron chi connectivity index (χ4n) is 1.26. The Hall–Kier alpha value is -0.300. The number of aliphatic hydroxyl groups excluding tert-OH is 1. The van der Waals surface area contributed by atoms with Crippen molar-refractivity contribution in [3.05, 3.63) is 32.7 Å². The molecule has 0 saturated carbocycles. The van der Waals surface area contributed by atoms with Crippen molar-refractivity contribution >= 4 is 31.9 Å². The van der Waals surface area contributed by atoms with E-state index >= 15 is 0 Å². The second-order valence-corrected chi connectivity index (χ2v) is 4.92. The van der Waals surface area contributed by atoms with Gasteiger partial charge in [0, 0.05) is 15.4 Å². The summed E-state index contributed by atoms with van der Waals surface area (Å²) in [5.74, 6) is 5.76. The standard InChI is InChI=1S/C12H12Br2O/c1-2-3-4-5-12(15)10-7-6-9(13)8-11(10)14/h6-8,12,15H,4-5H2,1H3. The Morgan fingerprint density at radius 1 is 1.40 bits per heavy atom. The molecule has 1 aromatic rings. The topological polar surface area (TPSA) is 20.2 Å². The number of aliphatic hydroxyl groups is 1. The molecule has 0 aromatic heterocycles. The van der Waals surface area contributed by atoms with Gasteiger partial charge in [-0.1, -0.05) is 37.9 Å². The zero-order valence-corrected chi connectivity index (χ0v) is 11.6. The van der Waals surface area contributed by atoms with Crippen LogP contribution in [0.2, 0.25) is 0 Å². The van der Waals surface area contributed by atoms with Crippen LogP contribution in [0.5, 0.6) is 0 Å². The van der Waals surface area contributed by atoms with E-state index < -0.39 is 6.10 Å². The first-order valence-electron chi connectivity index (χ1n) is 4.67. The molecule has 1 atom stereocenters. The van der Waals surface area contributed by atoms with Gasteiger partial charge in [-0.05, 0) is 31.0 Å². The quantitative estimate of drug-likeness (QED) is 0.828. The molecule has 0 amide bonds. The summed E-state index contributed by atoms with van der Waals surface area (Å²) >= 11 is 6.81. The molecule has 1 aromatic carbocycles. The van der Waals surface area contributed by atoms with E-state index in [1.165, 1.54) is 0 Å². The molecule has 0 heterocycles. The van der Waals surface area contributed by atoms with Crippen molar-refractivity contribution in [2.24, 2.45) is 0 Å². The number of benzene rings is 1. The molecule has 0 aliphatic carbocycles. The molecule has 3 heteroatoms. The fraction of sp³-hybridized carbons (Fsp3) is 0.333. The van der Waals surface area contributed by atoms with Gasteiger partial charge in [0.1, 0.15) is 0 Å². The minimum Gasteiger partial charge on any atom is -0.388 e. The summed E-state index contributed by atoms with van der Waals surface area (Å²) < 4.78 is 1.92. The van der Waals surface area contributed by atoms with Crippen molar-refractivity contribution < 1.29 is 5.11 Å². The highest BCUT2D eigenvalue weighted by atomic mass is 79.9. The van der Waals surface area contributed by atoms with E-state index in [9.17, 15) is 5.11 Å². The average Bonchev–Trinajstić information content (AvgIpc) is 2.17. The molecule has 0 aliphatic rings. The van der Waals surface area contributed by atoms with E-state index in [0.29, 0.717) is 6.42 Å². The van der Waals surface area contributed by atoms with E-state index in [1.807, 2.05) is 25.1 Å². The molecule has 0 fully saturated rings. The summed E-state index contributed by atoms with van der Waals surface area (Å²) in [6.45, 7) is 1.81. The van der Waals surface area contributed by atoms with Crippen LogP contribution < -0.4 is 0 Å². The molecular weight excluding hydrogens is 320 g/mol. The molecule has 0 aliphatic heterocycles. The van der Waals surface area contributed by atoms with Crippen LogP contribution in [-0.4, -0.2) is 5.11 Å². The molecule has 15 heavy (non-hydrogen) atoms. The molecule has 80 valence electrons. The van der Waals surface area contributed by atoms with Crippen molar-refractivity contribution in [3.63, 3.8) is 0 Å². The van der Waals surface area contributed by atoms with Crippen LogP contribution in [0, 0.1) is 11.8 Å². The average molecular weight is 332 g/mol. The van der Waals surface area contributed by atoms with Crippen molar-refractivity contribution in [3.8, 4) is 11.8 Å². The third kappa shape index (κ3) is 3.98. The zero-order chi connectivity index (χ0) is 11.3. The van der Waals surface area contributed by atoms with Crippen LogP contribution in [0.3, 0.4) is 0 Å². The van der Waals surface area contributed by atoms with E-state index in [-0.39, 0.29) is 0 Å². The largest absolute Gasteiger partial charge is 0.388 e. The van der Waals surface area contributed by atoms with Crippen LogP contribution in [0.1, 0.15) is 31.4 Å². The maximum absolute atomic E-state index is 9.91. The molecule has 1 nitrogen and oxygen atoms in total. The molecule has 1 N–H and O–H groups in total. The molecule has 0 spiro atoms. The number of halogens is 2. The molecule has 0 saturated heterocycles. The Balaban J connectivity index is 2.71. The van der Waals surface area contributed by atoms with Crippen LogP contribution in [-0.2, 0) is 0 Å². The summed E-state index contributed by atoms with van der Waals surface area (Å²) in [5, 5.41) is 9.91. The van der Waals surface area contributed by atoms with Gasteiger partial charge in [-0.25, -0.2) is 0 Å². The Morgan fingerprint density at radius 2 is 2.13 bits per heavy atom. The van der Waals surface area contributed by atoms with Gasteiger partial charge in [-0.3, -0.25) is 0 Å². The van der Waals surface area contributed by atoms with Gasteiger partial charge in [0.25, 0.3) is 0 Å². The first-order valence-corrected chi connectivity index (χ1v) is 6.26. The normalized spacial score (nSPS) is 11.7. The Labute approximate surface area is 107 Å². The molecule has 0 radical (unpaired) electrons. The minimum atomic E-state index is -0.451. The number of rotatable bonds is 3. The summed E-state index contributed by atoms with van der Waals surface area (Å²) in [6, 6.07) is 5.77. The molecule has 1 rings (SSSR count). The summed E-state index contributed by atoms with van der Waals surface area (Å²) in [4.78, 5) is 0. The highest BCUT2D eigenvalue weighted by molar-refractivity contribution is 9.11. The van der Waals surface area contributed by atoms with E-state index in [2.05, 4.69) is 43.7 Å². The maximum atomic E-state index is 9.91. The van der Waals surface area contributed by atoms with Crippen molar-refractivity contribution in [2.75, 3.05) is 0 Å². The predicted octanol–water partition coefficient (Wildman–Crippen LogP) is 4.05. The van der Waals surface area contributed by atoms with Gasteiger partial charge in [0.05, 0.1) is 6.10 Å². The van der Waals surface area contributed by atoms with Crippen LogP contribution in [0.25, 0.3) is 0 Å². The minimum absolute atomic E-state index is 0.451. The lowest BCUT2D eigenvalue weighted by atomic mass is 10.1. The highest BCUT2D eigenvalue weighted by Gasteiger charge is 2.10. The second-order valence-electron chi connectivity index (χ2n) is 3.15. The molecule has 1 unspecified atom stereocenters. The smallest absolute Gasteiger partial charge is 0.0810 e. The third-order valence-electron chi connectivity index (χ3n) is 2.04. The summed E-state index contributed by atoms with van der Waals surface area (Å²) in [7, 11) is 0. The first-order chi connectivity index (χ1) is 7.15. The first kappa shape index (κ1) is 12.8. The van der Waals surface area contributed by atoms with Crippen molar-refractivity contribution in [2.45, 2.75) is 25.9 Å². The Bertz CT molecular complexity index is 390. The van der Waals surface area contributed by atoms with Gasteiger partial charge in [0.15, 0.2) is 0 Å². The van der Waals surface area contributed by atoms with Gasteiger partial charge in [0.2, 0.25) is 0 Å².